The minimum absolute atomic E-state index is 0.151. The molecule has 0 unspecified atom stereocenters. The standard InChI is InChI=1S/C28H30F3N9O2/c1-26(2,41)21-11-22(38-25(37-21)28(29,30)31)42-19-5-3-18(4-6-19)39-14-27(15-39,8-9-32)40-13-17(12-36-40)23-20-7-10-33-24(20)35-16-34-23/h7,10-13,16,18-19,41H,3-6,8,14-15H2,1-2H3,(H,33,34,35)/t18-,19+. The highest BCUT2D eigenvalue weighted by Crippen LogP contribution is 2.39. The number of likely N-dealkylation sites (tertiary alicyclic amines) is 1. The molecule has 11 nitrogen and oxygen atoms in total. The minimum atomic E-state index is -4.76. The summed E-state index contributed by atoms with van der Waals surface area (Å²) in [6.45, 7) is 4.06. The Balaban J connectivity index is 1.10. The van der Waals surface area contributed by atoms with Crippen molar-refractivity contribution in [2.75, 3.05) is 13.1 Å². The molecule has 0 spiro atoms. The molecule has 4 aromatic heterocycles. The number of hydrogen-bond acceptors (Lipinski definition) is 9. The van der Waals surface area contributed by atoms with Crippen LogP contribution in [-0.4, -0.2) is 69.9 Å². The van der Waals surface area contributed by atoms with Crippen LogP contribution in [0.15, 0.2) is 37.1 Å². The molecule has 1 aliphatic heterocycles. The number of aliphatic hydroxyl groups is 1. The van der Waals surface area contributed by atoms with E-state index in [9.17, 15) is 23.5 Å². The molecule has 6 rings (SSSR count). The van der Waals surface area contributed by atoms with Crippen molar-refractivity contribution >= 4 is 11.0 Å². The molecule has 2 N–H and O–H groups in total. The zero-order valence-corrected chi connectivity index (χ0v) is 23.1. The van der Waals surface area contributed by atoms with Gasteiger partial charge in [-0.2, -0.15) is 28.5 Å². The third kappa shape index (κ3) is 5.30. The summed E-state index contributed by atoms with van der Waals surface area (Å²) < 4.78 is 47.9. The molecule has 0 atom stereocenters. The van der Waals surface area contributed by atoms with E-state index in [2.05, 4.69) is 41.0 Å². The van der Waals surface area contributed by atoms with E-state index in [1.54, 1.807) is 6.20 Å². The quantitative estimate of drug-likeness (QED) is 0.329. The minimum Gasteiger partial charge on any atom is -0.474 e. The zero-order chi connectivity index (χ0) is 29.7. The van der Waals surface area contributed by atoms with Crippen LogP contribution in [-0.2, 0) is 17.3 Å². The average Bonchev–Trinajstić information content (AvgIpc) is 3.60. The lowest BCUT2D eigenvalue weighted by Crippen LogP contribution is -2.65. The molecule has 2 aliphatic rings. The van der Waals surface area contributed by atoms with E-state index in [1.807, 2.05) is 23.1 Å². The van der Waals surface area contributed by atoms with Crippen molar-refractivity contribution in [3.05, 3.63) is 48.6 Å². The van der Waals surface area contributed by atoms with Crippen molar-refractivity contribution in [1.82, 2.24) is 39.6 Å². The van der Waals surface area contributed by atoms with Gasteiger partial charge in [0.15, 0.2) is 0 Å². The fourth-order valence-corrected chi connectivity index (χ4v) is 5.88. The highest BCUT2D eigenvalue weighted by atomic mass is 19.4. The molecule has 0 aromatic carbocycles. The predicted octanol–water partition coefficient (Wildman–Crippen LogP) is 4.17. The van der Waals surface area contributed by atoms with Crippen LogP contribution < -0.4 is 4.74 Å². The smallest absolute Gasteiger partial charge is 0.451 e. The second-order valence-electron chi connectivity index (χ2n) is 11.6. The maximum atomic E-state index is 13.4. The molecule has 0 bridgehead atoms. The summed E-state index contributed by atoms with van der Waals surface area (Å²) >= 11 is 0. The van der Waals surface area contributed by atoms with Gasteiger partial charge < -0.3 is 14.8 Å². The number of aromatic amines is 1. The van der Waals surface area contributed by atoms with Gasteiger partial charge in [0.2, 0.25) is 11.7 Å². The van der Waals surface area contributed by atoms with Crippen molar-refractivity contribution in [3.63, 3.8) is 0 Å². The molecule has 2 fully saturated rings. The maximum absolute atomic E-state index is 13.4. The monoisotopic (exact) mass is 581 g/mol. The number of rotatable bonds is 7. The highest BCUT2D eigenvalue weighted by molar-refractivity contribution is 5.90. The van der Waals surface area contributed by atoms with Crippen LogP contribution >= 0.6 is 0 Å². The van der Waals surface area contributed by atoms with Crippen LogP contribution in [0.3, 0.4) is 0 Å². The summed E-state index contributed by atoms with van der Waals surface area (Å²) in [4.78, 5) is 21.2. The first-order chi connectivity index (χ1) is 19.9. The van der Waals surface area contributed by atoms with Gasteiger partial charge in [0, 0.05) is 48.5 Å². The van der Waals surface area contributed by atoms with Gasteiger partial charge in [-0.1, -0.05) is 0 Å². The van der Waals surface area contributed by atoms with Gasteiger partial charge in [-0.05, 0) is 45.6 Å². The lowest BCUT2D eigenvalue weighted by molar-refractivity contribution is -0.145. The molecular weight excluding hydrogens is 551 g/mol. The first-order valence-corrected chi connectivity index (χ1v) is 13.8. The second-order valence-corrected chi connectivity index (χ2v) is 11.6. The maximum Gasteiger partial charge on any atom is 0.451 e. The number of hydrogen-bond donors (Lipinski definition) is 2. The van der Waals surface area contributed by atoms with Gasteiger partial charge in [0.25, 0.3) is 0 Å². The van der Waals surface area contributed by atoms with E-state index in [0.717, 1.165) is 35.1 Å². The fraction of sp³-hybridized carbons (Fsp3) is 0.500. The molecule has 42 heavy (non-hydrogen) atoms. The number of aromatic nitrogens is 7. The predicted molar refractivity (Wildman–Crippen MR) is 144 cm³/mol. The molecule has 0 amide bonds. The van der Waals surface area contributed by atoms with E-state index in [-0.39, 0.29) is 23.7 Å². The summed E-state index contributed by atoms with van der Waals surface area (Å²) in [5, 5.41) is 25.4. The van der Waals surface area contributed by atoms with E-state index < -0.39 is 23.1 Å². The van der Waals surface area contributed by atoms with Crippen molar-refractivity contribution in [2.45, 2.75) is 75.4 Å². The number of nitrogens with one attached hydrogen (secondary N) is 1. The van der Waals surface area contributed by atoms with Crippen LogP contribution in [0.5, 0.6) is 5.88 Å². The molecular formula is C28H30F3N9O2. The number of nitrogens with zero attached hydrogens (tertiary/aromatic N) is 8. The van der Waals surface area contributed by atoms with E-state index in [1.165, 1.54) is 26.2 Å². The summed E-state index contributed by atoms with van der Waals surface area (Å²) in [6, 6.07) is 5.78. The first-order valence-electron chi connectivity index (χ1n) is 13.8. The molecule has 5 heterocycles. The Morgan fingerprint density at radius 2 is 1.93 bits per heavy atom. The van der Waals surface area contributed by atoms with Crippen LogP contribution in [0, 0.1) is 11.3 Å². The van der Waals surface area contributed by atoms with Gasteiger partial charge in [-0.15, -0.1) is 0 Å². The second kappa shape index (κ2) is 10.3. The Kier molecular flexibility index (Phi) is 6.89. The van der Waals surface area contributed by atoms with Gasteiger partial charge in [-0.3, -0.25) is 9.58 Å². The topological polar surface area (TPSA) is 142 Å². The molecule has 1 aliphatic carbocycles. The number of halogens is 3. The number of ether oxygens (including phenoxy) is 1. The van der Waals surface area contributed by atoms with Gasteiger partial charge in [0.1, 0.15) is 29.2 Å². The number of alkyl halides is 3. The third-order valence-electron chi connectivity index (χ3n) is 8.13. The van der Waals surface area contributed by atoms with Gasteiger partial charge in [0.05, 0.1) is 30.1 Å². The van der Waals surface area contributed by atoms with E-state index in [4.69, 9.17) is 4.74 Å². The lowest BCUT2D eigenvalue weighted by atomic mass is 9.82. The van der Waals surface area contributed by atoms with Crippen molar-refractivity contribution in [3.8, 4) is 23.2 Å². The lowest BCUT2D eigenvalue weighted by Gasteiger charge is -2.53. The molecule has 1 saturated heterocycles. The van der Waals surface area contributed by atoms with Crippen LogP contribution in [0.25, 0.3) is 22.3 Å². The normalized spacial score (nSPS) is 21.2. The summed E-state index contributed by atoms with van der Waals surface area (Å²) in [6.07, 6.45) is 5.13. The SMILES string of the molecule is CC(C)(O)c1cc(O[C@H]2CC[C@@H](N3CC(CC#N)(n4cc(-c5ncnc6[nH]ccc56)cn4)C3)CC2)nc(C(F)(F)F)n1. The van der Waals surface area contributed by atoms with Crippen molar-refractivity contribution in [2.24, 2.45) is 0 Å². The summed E-state index contributed by atoms with van der Waals surface area (Å²) in [5.74, 6) is -1.52. The zero-order valence-electron chi connectivity index (χ0n) is 23.1. The van der Waals surface area contributed by atoms with Crippen LogP contribution in [0.1, 0.15) is 57.5 Å². The molecule has 220 valence electrons. The van der Waals surface area contributed by atoms with Crippen LogP contribution in [0.2, 0.25) is 0 Å². The summed E-state index contributed by atoms with van der Waals surface area (Å²) in [5.41, 5.74) is 0.183. The molecule has 4 aromatic rings. The van der Waals surface area contributed by atoms with E-state index >= 15 is 0 Å². The summed E-state index contributed by atoms with van der Waals surface area (Å²) in [7, 11) is 0. The molecule has 14 heteroatoms. The fourth-order valence-electron chi connectivity index (χ4n) is 5.88. The average molecular weight is 582 g/mol. The van der Waals surface area contributed by atoms with Crippen molar-refractivity contribution in [1.29, 1.82) is 5.26 Å². The van der Waals surface area contributed by atoms with E-state index in [0.29, 0.717) is 32.4 Å². The highest BCUT2D eigenvalue weighted by Gasteiger charge is 2.48. The van der Waals surface area contributed by atoms with Gasteiger partial charge >= 0.3 is 6.18 Å². The number of nitriles is 1. The molecule has 0 radical (unpaired) electrons. The third-order valence-corrected chi connectivity index (χ3v) is 8.13. The largest absolute Gasteiger partial charge is 0.474 e. The Bertz CT molecular complexity index is 1590. The Morgan fingerprint density at radius 3 is 2.62 bits per heavy atom. The van der Waals surface area contributed by atoms with Gasteiger partial charge in [-0.25, -0.2) is 15.0 Å². The first kappa shape index (κ1) is 28.0. The Hall–Kier alpha value is -4.09. The van der Waals surface area contributed by atoms with Crippen molar-refractivity contribution < 1.29 is 23.0 Å². The number of fused-ring (bicyclic) bond motifs is 1. The molecule has 1 saturated carbocycles. The van der Waals surface area contributed by atoms with Crippen LogP contribution in [0.4, 0.5) is 13.2 Å². The Morgan fingerprint density at radius 1 is 1.17 bits per heavy atom. The Labute approximate surface area is 239 Å². The number of H-pyrrole nitrogens is 1.